The summed E-state index contributed by atoms with van der Waals surface area (Å²) in [5, 5.41) is 1.43. The molecule has 0 fully saturated rings. The minimum Gasteiger partial charge on any atom is -0.278 e. The summed E-state index contributed by atoms with van der Waals surface area (Å²) in [4.78, 5) is 24.2. The van der Waals surface area contributed by atoms with Gasteiger partial charge in [0.2, 0.25) is 0 Å². The molecular weight excluding hydrogens is 425 g/mol. The molecule has 2 heterocycles. The van der Waals surface area contributed by atoms with Crippen LogP contribution in [0.5, 0.6) is 0 Å². The van der Waals surface area contributed by atoms with Gasteiger partial charge in [-0.25, -0.2) is 4.98 Å². The van der Waals surface area contributed by atoms with Crippen LogP contribution in [0.3, 0.4) is 0 Å². The number of nitrogens with zero attached hydrogens (tertiary/aromatic N) is 3. The van der Waals surface area contributed by atoms with Crippen molar-refractivity contribution in [1.82, 2.24) is 9.97 Å². The Labute approximate surface area is 182 Å². The number of anilines is 1. The lowest BCUT2D eigenvalue weighted by atomic mass is 10.1. The van der Waals surface area contributed by atoms with E-state index in [4.69, 9.17) is 28.2 Å². The van der Waals surface area contributed by atoms with E-state index in [0.29, 0.717) is 27.3 Å². The van der Waals surface area contributed by atoms with Crippen molar-refractivity contribution in [3.63, 3.8) is 0 Å². The summed E-state index contributed by atoms with van der Waals surface area (Å²) in [5.41, 5.74) is 4.36. The number of rotatable bonds is 4. The Morgan fingerprint density at radius 1 is 1.07 bits per heavy atom. The summed E-state index contributed by atoms with van der Waals surface area (Å²) in [6.07, 6.45) is 1.71. The highest BCUT2D eigenvalue weighted by molar-refractivity contribution is 7.22. The molecule has 0 bridgehead atoms. The largest absolute Gasteiger partial charge is 0.278 e. The summed E-state index contributed by atoms with van der Waals surface area (Å²) >= 11 is 13.7. The molecule has 2 aromatic heterocycles. The second-order valence-electron chi connectivity index (χ2n) is 6.72. The highest BCUT2D eigenvalue weighted by Crippen LogP contribution is 2.33. The molecule has 0 unspecified atom stereocenters. The Hall–Kier alpha value is -2.47. The molecule has 0 saturated heterocycles. The number of carbonyl (C=O) groups excluding carboxylic acids is 1. The van der Waals surface area contributed by atoms with Crippen LogP contribution in [-0.2, 0) is 6.54 Å². The molecule has 0 aliphatic carbocycles. The molecule has 0 aliphatic rings. The average molecular weight is 442 g/mol. The number of halogens is 2. The molecule has 4 rings (SSSR count). The van der Waals surface area contributed by atoms with Crippen LogP contribution >= 0.6 is 34.5 Å². The molecular formula is C22H17Cl2N3OS. The van der Waals surface area contributed by atoms with Crippen molar-refractivity contribution in [2.24, 2.45) is 0 Å². The van der Waals surface area contributed by atoms with E-state index >= 15 is 0 Å². The van der Waals surface area contributed by atoms with Crippen molar-refractivity contribution in [2.75, 3.05) is 4.90 Å². The Balaban J connectivity index is 1.82. The summed E-state index contributed by atoms with van der Waals surface area (Å²) in [5.74, 6) is -0.228. The van der Waals surface area contributed by atoms with Crippen LogP contribution < -0.4 is 4.90 Å². The smallest absolute Gasteiger partial charge is 0.260 e. The fourth-order valence-corrected chi connectivity index (χ4v) is 4.59. The summed E-state index contributed by atoms with van der Waals surface area (Å²) < 4.78 is 1.03. The Bertz CT molecular complexity index is 1190. The zero-order valence-corrected chi connectivity index (χ0v) is 18.1. The number of pyridine rings is 1. The van der Waals surface area contributed by atoms with Crippen molar-refractivity contribution in [2.45, 2.75) is 20.4 Å². The number of aryl methyl sites for hydroxylation is 2. The first kappa shape index (κ1) is 19.8. The molecule has 0 N–H and O–H groups in total. The van der Waals surface area contributed by atoms with Gasteiger partial charge in [0.1, 0.15) is 0 Å². The second-order valence-corrected chi connectivity index (χ2v) is 8.60. The van der Waals surface area contributed by atoms with Gasteiger partial charge < -0.3 is 0 Å². The van der Waals surface area contributed by atoms with Crippen LogP contribution in [0.1, 0.15) is 27.2 Å². The SMILES string of the molecule is Cc1ccc2sc(N(Cc3ccccn3)C(=O)c3cc(Cl)cc(Cl)c3)nc2c1C. The standard InChI is InChI=1S/C22H17Cl2N3OS/c1-13-6-7-19-20(14(13)2)26-22(29-19)27(12-18-5-3-4-8-25-18)21(28)15-9-16(23)11-17(24)10-15/h3-11H,12H2,1-2H3. The third-order valence-corrected chi connectivity index (χ3v) is 6.19. The van der Waals surface area contributed by atoms with Crippen molar-refractivity contribution in [3.05, 3.63) is 87.2 Å². The zero-order chi connectivity index (χ0) is 20.5. The van der Waals surface area contributed by atoms with E-state index in [0.717, 1.165) is 21.5 Å². The number of hydrogen-bond acceptors (Lipinski definition) is 4. The molecule has 7 heteroatoms. The maximum Gasteiger partial charge on any atom is 0.260 e. The van der Waals surface area contributed by atoms with Crippen LogP contribution in [0, 0.1) is 13.8 Å². The van der Waals surface area contributed by atoms with Gasteiger partial charge in [-0.2, -0.15) is 0 Å². The third-order valence-electron chi connectivity index (χ3n) is 4.71. The molecule has 2 aromatic carbocycles. The topological polar surface area (TPSA) is 46.1 Å². The van der Waals surface area contributed by atoms with E-state index < -0.39 is 0 Å². The molecule has 1 amide bonds. The summed E-state index contributed by atoms with van der Waals surface area (Å²) in [7, 11) is 0. The van der Waals surface area contributed by atoms with Gasteiger partial charge in [-0.1, -0.05) is 46.7 Å². The summed E-state index contributed by atoms with van der Waals surface area (Å²) in [6, 6.07) is 14.6. The predicted molar refractivity (Wildman–Crippen MR) is 120 cm³/mol. The lowest BCUT2D eigenvalue weighted by molar-refractivity contribution is 0.0985. The fraction of sp³-hybridized carbons (Fsp3) is 0.136. The van der Waals surface area contributed by atoms with Crippen molar-refractivity contribution in [3.8, 4) is 0 Å². The molecule has 0 saturated carbocycles. The van der Waals surface area contributed by atoms with Crippen LogP contribution in [0.15, 0.2) is 54.7 Å². The molecule has 0 spiro atoms. The first-order valence-electron chi connectivity index (χ1n) is 8.97. The number of amides is 1. The summed E-state index contributed by atoms with van der Waals surface area (Å²) in [6.45, 7) is 4.39. The van der Waals surface area contributed by atoms with Gasteiger partial charge in [0.15, 0.2) is 5.13 Å². The van der Waals surface area contributed by atoms with E-state index in [1.807, 2.05) is 31.2 Å². The number of fused-ring (bicyclic) bond motifs is 1. The van der Waals surface area contributed by atoms with Crippen LogP contribution in [-0.4, -0.2) is 15.9 Å². The normalized spacial score (nSPS) is 11.0. The van der Waals surface area contributed by atoms with Gasteiger partial charge in [0, 0.05) is 21.8 Å². The maximum absolute atomic E-state index is 13.4. The van der Waals surface area contributed by atoms with Gasteiger partial charge in [0.05, 0.1) is 22.5 Å². The van der Waals surface area contributed by atoms with E-state index in [9.17, 15) is 4.79 Å². The molecule has 0 radical (unpaired) electrons. The van der Waals surface area contributed by atoms with Gasteiger partial charge in [0.25, 0.3) is 5.91 Å². The highest BCUT2D eigenvalue weighted by atomic mass is 35.5. The monoisotopic (exact) mass is 441 g/mol. The third kappa shape index (κ3) is 4.13. The Kier molecular flexibility index (Phi) is 5.54. The first-order chi connectivity index (χ1) is 13.9. The molecule has 0 atom stereocenters. The molecule has 146 valence electrons. The zero-order valence-electron chi connectivity index (χ0n) is 15.8. The lowest BCUT2D eigenvalue weighted by Gasteiger charge is -2.20. The van der Waals surface area contributed by atoms with E-state index in [1.54, 1.807) is 29.3 Å². The average Bonchev–Trinajstić information content (AvgIpc) is 3.13. The quantitative estimate of drug-likeness (QED) is 0.364. The Morgan fingerprint density at radius 2 is 1.83 bits per heavy atom. The van der Waals surface area contributed by atoms with Gasteiger partial charge in [-0.15, -0.1) is 0 Å². The molecule has 29 heavy (non-hydrogen) atoms. The maximum atomic E-state index is 13.4. The van der Waals surface area contributed by atoms with E-state index in [-0.39, 0.29) is 5.91 Å². The van der Waals surface area contributed by atoms with Crippen molar-refractivity contribution in [1.29, 1.82) is 0 Å². The van der Waals surface area contributed by atoms with E-state index in [1.165, 1.54) is 16.9 Å². The van der Waals surface area contributed by atoms with Crippen molar-refractivity contribution >= 4 is 55.8 Å². The first-order valence-corrected chi connectivity index (χ1v) is 10.5. The van der Waals surface area contributed by atoms with Crippen molar-refractivity contribution < 1.29 is 4.79 Å². The lowest BCUT2D eigenvalue weighted by Crippen LogP contribution is -2.30. The highest BCUT2D eigenvalue weighted by Gasteiger charge is 2.23. The predicted octanol–water partition coefficient (Wildman–Crippen LogP) is 6.46. The number of thiazole rings is 1. The molecule has 4 aromatic rings. The minimum absolute atomic E-state index is 0.228. The number of carbonyl (C=O) groups is 1. The van der Waals surface area contributed by atoms with Crippen LogP contribution in [0.25, 0.3) is 10.2 Å². The number of benzene rings is 2. The van der Waals surface area contributed by atoms with Gasteiger partial charge in [-0.05, 0) is 61.4 Å². The molecule has 4 nitrogen and oxygen atoms in total. The second kappa shape index (κ2) is 8.11. The number of hydrogen-bond donors (Lipinski definition) is 0. The van der Waals surface area contributed by atoms with Gasteiger partial charge >= 0.3 is 0 Å². The minimum atomic E-state index is -0.228. The van der Waals surface area contributed by atoms with E-state index in [2.05, 4.69) is 18.0 Å². The van der Waals surface area contributed by atoms with Crippen LogP contribution in [0.4, 0.5) is 5.13 Å². The number of aromatic nitrogens is 2. The van der Waals surface area contributed by atoms with Gasteiger partial charge in [-0.3, -0.25) is 14.7 Å². The molecule has 0 aliphatic heterocycles. The fourth-order valence-electron chi connectivity index (χ4n) is 3.04. The Morgan fingerprint density at radius 3 is 2.52 bits per heavy atom. The van der Waals surface area contributed by atoms with Crippen LogP contribution in [0.2, 0.25) is 10.0 Å².